The maximum atomic E-state index is 12.9. The molecule has 7 heteroatoms. The minimum absolute atomic E-state index is 0.127. The quantitative estimate of drug-likeness (QED) is 0.617. The van der Waals surface area contributed by atoms with Crippen LogP contribution in [-0.4, -0.2) is 50.1 Å². The fraction of sp³-hybridized carbons (Fsp3) is 0.440. The minimum Gasteiger partial charge on any atom is -0.497 e. The van der Waals surface area contributed by atoms with Gasteiger partial charge in [0, 0.05) is 29.9 Å². The average Bonchev–Trinajstić information content (AvgIpc) is 3.61. The number of likely N-dealkylation sites (tertiary alicyclic amines) is 1. The maximum Gasteiger partial charge on any atom is 0.319 e. The third-order valence-electron chi connectivity index (χ3n) is 6.28. The number of nitrogens with one attached hydrogen (secondary N) is 3. The molecule has 0 aromatic heterocycles. The molecule has 2 atom stereocenters. The van der Waals surface area contributed by atoms with Crippen molar-refractivity contribution in [3.8, 4) is 5.75 Å². The van der Waals surface area contributed by atoms with Crippen LogP contribution in [0.3, 0.4) is 0 Å². The van der Waals surface area contributed by atoms with Gasteiger partial charge in [-0.2, -0.15) is 0 Å². The summed E-state index contributed by atoms with van der Waals surface area (Å²) in [6, 6.07) is 15.6. The lowest BCUT2D eigenvalue weighted by Gasteiger charge is -2.39. The largest absolute Gasteiger partial charge is 0.497 e. The molecule has 7 nitrogen and oxygen atoms in total. The van der Waals surface area contributed by atoms with E-state index in [0.29, 0.717) is 23.7 Å². The molecule has 0 spiro atoms. The van der Waals surface area contributed by atoms with Crippen molar-refractivity contribution in [2.75, 3.05) is 32.6 Å². The molecule has 0 bridgehead atoms. The Kier molecular flexibility index (Phi) is 6.95. The van der Waals surface area contributed by atoms with Crippen LogP contribution >= 0.6 is 0 Å². The van der Waals surface area contributed by atoms with E-state index in [1.54, 1.807) is 31.4 Å². The highest BCUT2D eigenvalue weighted by Gasteiger charge is 2.31. The van der Waals surface area contributed by atoms with Gasteiger partial charge in [0.15, 0.2) is 0 Å². The van der Waals surface area contributed by atoms with E-state index in [0.717, 1.165) is 38.0 Å². The van der Waals surface area contributed by atoms with E-state index in [-0.39, 0.29) is 24.0 Å². The van der Waals surface area contributed by atoms with Crippen molar-refractivity contribution in [3.05, 3.63) is 59.7 Å². The van der Waals surface area contributed by atoms with Crippen LogP contribution in [0, 0.1) is 5.92 Å². The number of carbonyl (C=O) groups is 2. The van der Waals surface area contributed by atoms with E-state index in [9.17, 15) is 9.59 Å². The van der Waals surface area contributed by atoms with Gasteiger partial charge in [0.2, 0.25) is 0 Å². The first kappa shape index (κ1) is 22.1. The fourth-order valence-electron chi connectivity index (χ4n) is 4.45. The van der Waals surface area contributed by atoms with Crippen molar-refractivity contribution in [3.63, 3.8) is 0 Å². The van der Waals surface area contributed by atoms with E-state index in [1.807, 2.05) is 12.1 Å². The van der Waals surface area contributed by atoms with Crippen LogP contribution in [0.1, 0.15) is 47.6 Å². The van der Waals surface area contributed by atoms with E-state index in [4.69, 9.17) is 4.74 Å². The zero-order chi connectivity index (χ0) is 22.5. The van der Waals surface area contributed by atoms with Crippen molar-refractivity contribution >= 4 is 17.6 Å². The number of anilines is 1. The van der Waals surface area contributed by atoms with Crippen molar-refractivity contribution in [1.29, 1.82) is 0 Å². The highest BCUT2D eigenvalue weighted by Crippen LogP contribution is 2.35. The first-order valence-electron chi connectivity index (χ1n) is 11.3. The molecule has 3 amide bonds. The molecule has 170 valence electrons. The van der Waals surface area contributed by atoms with E-state index in [2.05, 4.69) is 40.0 Å². The lowest BCUT2D eigenvalue weighted by Crippen LogP contribution is -2.41. The number of amides is 3. The monoisotopic (exact) mass is 436 g/mol. The molecule has 0 radical (unpaired) electrons. The predicted octanol–water partition coefficient (Wildman–Crippen LogP) is 3.79. The van der Waals surface area contributed by atoms with Crippen LogP contribution in [-0.2, 0) is 0 Å². The van der Waals surface area contributed by atoms with E-state index < -0.39 is 0 Å². The number of hydrogen-bond donors (Lipinski definition) is 3. The summed E-state index contributed by atoms with van der Waals surface area (Å²) in [4.78, 5) is 27.2. The second-order valence-corrected chi connectivity index (χ2v) is 8.76. The molecule has 1 heterocycles. The van der Waals surface area contributed by atoms with Crippen LogP contribution in [0.25, 0.3) is 0 Å². The van der Waals surface area contributed by atoms with Crippen LogP contribution in [0.2, 0.25) is 0 Å². The molecule has 2 unspecified atom stereocenters. The number of carbonyl (C=O) groups excluding carboxylic acids is 2. The Labute approximate surface area is 189 Å². The van der Waals surface area contributed by atoms with Crippen LogP contribution in [0.4, 0.5) is 10.5 Å². The summed E-state index contributed by atoms with van der Waals surface area (Å²) in [5.41, 5.74) is 2.39. The van der Waals surface area contributed by atoms with Crippen molar-refractivity contribution < 1.29 is 14.3 Å². The summed E-state index contributed by atoms with van der Waals surface area (Å²) in [6.45, 7) is 1.64. The second kappa shape index (κ2) is 10.0. The SMILES string of the molecule is COc1ccc(C2C(CNC(=O)c3cccc(NC(=O)NC4CC4)c3)CCCN2C)cc1. The summed E-state index contributed by atoms with van der Waals surface area (Å²) in [7, 11) is 3.81. The highest BCUT2D eigenvalue weighted by atomic mass is 16.5. The summed E-state index contributed by atoms with van der Waals surface area (Å²) >= 11 is 0. The lowest BCUT2D eigenvalue weighted by molar-refractivity contribution is 0.0891. The molecular formula is C25H32N4O3. The normalized spacial score (nSPS) is 20.9. The molecule has 2 aliphatic rings. The number of piperidine rings is 1. The Hall–Kier alpha value is -3.06. The number of benzene rings is 2. The molecule has 1 saturated carbocycles. The summed E-state index contributed by atoms with van der Waals surface area (Å²) in [5.74, 6) is 1.03. The zero-order valence-corrected chi connectivity index (χ0v) is 18.8. The van der Waals surface area contributed by atoms with Gasteiger partial charge >= 0.3 is 6.03 Å². The molecule has 3 N–H and O–H groups in total. The maximum absolute atomic E-state index is 12.9. The summed E-state index contributed by atoms with van der Waals surface area (Å²) in [6.07, 6.45) is 4.23. The summed E-state index contributed by atoms with van der Waals surface area (Å²) in [5, 5.41) is 8.81. The second-order valence-electron chi connectivity index (χ2n) is 8.76. The minimum atomic E-state index is -0.224. The number of nitrogens with zero attached hydrogens (tertiary/aromatic N) is 1. The van der Waals surface area contributed by atoms with Crippen LogP contribution in [0.5, 0.6) is 5.75 Å². The number of hydrogen-bond acceptors (Lipinski definition) is 4. The molecule has 1 aliphatic carbocycles. The first-order chi connectivity index (χ1) is 15.5. The molecule has 32 heavy (non-hydrogen) atoms. The Morgan fingerprint density at radius 3 is 2.59 bits per heavy atom. The Morgan fingerprint density at radius 2 is 1.88 bits per heavy atom. The summed E-state index contributed by atoms with van der Waals surface area (Å²) < 4.78 is 5.29. The molecule has 2 fully saturated rings. The van der Waals surface area contributed by atoms with Gasteiger partial charge in [0.1, 0.15) is 5.75 Å². The highest BCUT2D eigenvalue weighted by molar-refractivity contribution is 5.97. The predicted molar refractivity (Wildman–Crippen MR) is 125 cm³/mol. The van der Waals surface area contributed by atoms with Gasteiger partial charge in [-0.25, -0.2) is 4.79 Å². The third-order valence-corrected chi connectivity index (χ3v) is 6.28. The van der Waals surface area contributed by atoms with Gasteiger partial charge in [0.25, 0.3) is 5.91 Å². The van der Waals surface area contributed by atoms with Gasteiger partial charge in [-0.3, -0.25) is 9.69 Å². The molecule has 2 aromatic rings. The lowest BCUT2D eigenvalue weighted by atomic mass is 9.85. The number of methoxy groups -OCH3 is 1. The molecule has 1 aliphatic heterocycles. The smallest absolute Gasteiger partial charge is 0.319 e. The van der Waals surface area contributed by atoms with E-state index in [1.165, 1.54) is 5.56 Å². The van der Waals surface area contributed by atoms with Crippen LogP contribution in [0.15, 0.2) is 48.5 Å². The van der Waals surface area contributed by atoms with Crippen LogP contribution < -0.4 is 20.7 Å². The van der Waals surface area contributed by atoms with Gasteiger partial charge in [-0.15, -0.1) is 0 Å². The number of urea groups is 1. The number of ether oxygens (including phenoxy) is 1. The number of rotatable bonds is 7. The van der Waals surface area contributed by atoms with Gasteiger partial charge < -0.3 is 20.7 Å². The fourth-order valence-corrected chi connectivity index (χ4v) is 4.45. The molecule has 1 saturated heterocycles. The Morgan fingerprint density at radius 1 is 1.09 bits per heavy atom. The van der Waals surface area contributed by atoms with Crippen molar-refractivity contribution in [1.82, 2.24) is 15.5 Å². The average molecular weight is 437 g/mol. The van der Waals surface area contributed by atoms with E-state index >= 15 is 0 Å². The zero-order valence-electron chi connectivity index (χ0n) is 18.8. The van der Waals surface area contributed by atoms with Gasteiger partial charge in [-0.1, -0.05) is 18.2 Å². The standard InChI is InChI=1S/C25H32N4O3/c1-29-14-4-6-19(23(29)17-8-12-22(32-2)13-9-17)16-26-24(30)18-5-3-7-21(15-18)28-25(31)27-20-10-11-20/h3,5,7-9,12-13,15,19-20,23H,4,6,10-11,14,16H2,1-2H3,(H,26,30)(H2,27,28,31). The Bertz CT molecular complexity index is 942. The molecule has 2 aromatic carbocycles. The first-order valence-corrected chi connectivity index (χ1v) is 11.3. The van der Waals surface area contributed by atoms with Gasteiger partial charge in [0.05, 0.1) is 7.11 Å². The third kappa shape index (κ3) is 5.59. The topological polar surface area (TPSA) is 82.7 Å². The van der Waals surface area contributed by atoms with Crippen molar-refractivity contribution in [2.24, 2.45) is 5.92 Å². The van der Waals surface area contributed by atoms with Crippen molar-refractivity contribution in [2.45, 2.75) is 37.8 Å². The molecular weight excluding hydrogens is 404 g/mol. The van der Waals surface area contributed by atoms with Gasteiger partial charge in [-0.05, 0) is 81.1 Å². The Balaban J connectivity index is 1.38. The molecule has 4 rings (SSSR count).